The molecular weight excluding hydrogens is 302 g/mol. The van der Waals surface area contributed by atoms with Crippen molar-refractivity contribution in [2.24, 2.45) is 5.73 Å². The van der Waals surface area contributed by atoms with Gasteiger partial charge in [-0.3, -0.25) is 14.9 Å². The summed E-state index contributed by atoms with van der Waals surface area (Å²) in [5.41, 5.74) is 5.59. The van der Waals surface area contributed by atoms with Crippen LogP contribution in [-0.4, -0.2) is 48.6 Å². The van der Waals surface area contributed by atoms with E-state index in [0.29, 0.717) is 25.4 Å². The summed E-state index contributed by atoms with van der Waals surface area (Å²) in [4.78, 5) is 25.0. The number of benzene rings is 1. The lowest BCUT2D eigenvalue weighted by molar-refractivity contribution is -0.385. The van der Waals surface area contributed by atoms with Crippen molar-refractivity contribution in [3.63, 3.8) is 0 Å². The van der Waals surface area contributed by atoms with E-state index < -0.39 is 10.8 Å². The summed E-state index contributed by atoms with van der Waals surface area (Å²) in [6, 6.07) is 2.50. The van der Waals surface area contributed by atoms with Gasteiger partial charge >= 0.3 is 0 Å². The van der Waals surface area contributed by atoms with E-state index in [1.165, 1.54) is 19.2 Å². The van der Waals surface area contributed by atoms with Crippen LogP contribution < -0.4 is 15.2 Å². The second kappa shape index (κ2) is 7.28. The molecule has 1 saturated heterocycles. The molecule has 8 heteroatoms. The summed E-state index contributed by atoms with van der Waals surface area (Å²) in [5.74, 6) is 0.131. The third-order valence-electron chi connectivity index (χ3n) is 3.75. The lowest BCUT2D eigenvalue weighted by Crippen LogP contribution is -2.45. The Kier molecular flexibility index (Phi) is 5.38. The molecule has 1 atom stereocenters. The van der Waals surface area contributed by atoms with Crippen molar-refractivity contribution in [1.82, 2.24) is 4.90 Å². The molecule has 0 bridgehead atoms. The van der Waals surface area contributed by atoms with E-state index in [2.05, 4.69) is 0 Å². The monoisotopic (exact) mass is 323 g/mol. The normalized spacial score (nSPS) is 17.7. The van der Waals surface area contributed by atoms with Gasteiger partial charge in [0.15, 0.2) is 11.5 Å². The third-order valence-corrected chi connectivity index (χ3v) is 3.75. The molecule has 0 saturated carbocycles. The van der Waals surface area contributed by atoms with Crippen LogP contribution >= 0.6 is 0 Å². The van der Waals surface area contributed by atoms with E-state index >= 15 is 0 Å². The molecule has 1 aromatic rings. The number of nitro benzene ring substituents is 1. The van der Waals surface area contributed by atoms with Gasteiger partial charge in [-0.25, -0.2) is 0 Å². The summed E-state index contributed by atoms with van der Waals surface area (Å²) in [6.45, 7) is 3.08. The van der Waals surface area contributed by atoms with E-state index in [-0.39, 0.29) is 23.0 Å². The maximum atomic E-state index is 12.7. The van der Waals surface area contributed by atoms with Crippen LogP contribution in [0.4, 0.5) is 5.69 Å². The highest BCUT2D eigenvalue weighted by Crippen LogP contribution is 2.35. The van der Waals surface area contributed by atoms with Crippen molar-refractivity contribution in [2.75, 3.05) is 26.8 Å². The van der Waals surface area contributed by atoms with Crippen molar-refractivity contribution in [2.45, 2.75) is 25.8 Å². The van der Waals surface area contributed by atoms with Crippen LogP contribution in [0, 0.1) is 10.1 Å². The number of hydrogen-bond acceptors (Lipinski definition) is 6. The number of nitrogens with zero attached hydrogens (tertiary/aromatic N) is 2. The van der Waals surface area contributed by atoms with Crippen molar-refractivity contribution < 1.29 is 19.2 Å². The van der Waals surface area contributed by atoms with Gasteiger partial charge in [0.1, 0.15) is 5.56 Å². The van der Waals surface area contributed by atoms with Crippen molar-refractivity contribution in [3.8, 4) is 11.5 Å². The number of methoxy groups -OCH3 is 1. The molecule has 0 spiro atoms. The molecule has 23 heavy (non-hydrogen) atoms. The first-order valence-electron chi connectivity index (χ1n) is 7.52. The van der Waals surface area contributed by atoms with Crippen LogP contribution in [0.1, 0.15) is 30.1 Å². The Balaban J connectivity index is 2.43. The zero-order valence-corrected chi connectivity index (χ0v) is 13.3. The lowest BCUT2D eigenvalue weighted by atomic mass is 10.0. The Hall–Kier alpha value is -2.35. The van der Waals surface area contributed by atoms with Crippen molar-refractivity contribution in [1.29, 1.82) is 0 Å². The molecule has 0 aliphatic carbocycles. The Labute approximate surface area is 134 Å². The number of ether oxygens (including phenoxy) is 2. The largest absolute Gasteiger partial charge is 0.493 e. The summed E-state index contributed by atoms with van der Waals surface area (Å²) < 4.78 is 10.5. The minimum absolute atomic E-state index is 0.00616. The van der Waals surface area contributed by atoms with E-state index in [0.717, 1.165) is 12.8 Å². The van der Waals surface area contributed by atoms with E-state index in [9.17, 15) is 14.9 Å². The number of likely N-dealkylation sites (tertiary alicyclic amines) is 1. The number of hydrogen-bond donors (Lipinski definition) is 1. The van der Waals surface area contributed by atoms with Gasteiger partial charge in [-0.15, -0.1) is 0 Å². The lowest BCUT2D eigenvalue weighted by Gasteiger charge is -2.30. The molecule has 1 unspecified atom stereocenters. The minimum atomic E-state index is -0.588. The predicted octanol–water partition coefficient (Wildman–Crippen LogP) is 1.57. The van der Waals surface area contributed by atoms with Crippen LogP contribution in [0.3, 0.4) is 0 Å². The Bertz CT molecular complexity index is 605. The molecule has 1 aliphatic rings. The van der Waals surface area contributed by atoms with Gasteiger partial charge in [0.2, 0.25) is 0 Å². The van der Waals surface area contributed by atoms with Gasteiger partial charge < -0.3 is 20.1 Å². The summed E-state index contributed by atoms with van der Waals surface area (Å²) in [7, 11) is 1.40. The Morgan fingerprint density at radius 2 is 2.22 bits per heavy atom. The number of rotatable bonds is 5. The smallest absolute Gasteiger partial charge is 0.286 e. The highest BCUT2D eigenvalue weighted by molar-refractivity contribution is 5.99. The average Bonchev–Trinajstić information content (AvgIpc) is 2.53. The number of nitro groups is 1. The number of piperidine rings is 1. The summed E-state index contributed by atoms with van der Waals surface area (Å²) in [6.07, 6.45) is 1.63. The van der Waals surface area contributed by atoms with Gasteiger partial charge in [-0.2, -0.15) is 0 Å². The molecule has 1 heterocycles. The number of carbonyl (C=O) groups is 1. The fourth-order valence-corrected chi connectivity index (χ4v) is 2.66. The molecule has 8 nitrogen and oxygen atoms in total. The van der Waals surface area contributed by atoms with Crippen molar-refractivity contribution in [3.05, 3.63) is 27.8 Å². The van der Waals surface area contributed by atoms with Gasteiger partial charge in [-0.1, -0.05) is 0 Å². The van der Waals surface area contributed by atoms with Gasteiger partial charge in [0.25, 0.3) is 11.6 Å². The molecule has 1 aromatic carbocycles. The molecule has 2 N–H and O–H groups in total. The Morgan fingerprint density at radius 3 is 2.78 bits per heavy atom. The first kappa shape index (κ1) is 17.0. The third kappa shape index (κ3) is 3.70. The van der Waals surface area contributed by atoms with Crippen LogP contribution in [0.25, 0.3) is 0 Å². The second-order valence-electron chi connectivity index (χ2n) is 5.36. The fourth-order valence-electron chi connectivity index (χ4n) is 2.66. The van der Waals surface area contributed by atoms with E-state index in [1.807, 2.05) is 0 Å². The Morgan fingerprint density at radius 1 is 1.48 bits per heavy atom. The van der Waals surface area contributed by atoms with Gasteiger partial charge in [0.05, 0.1) is 24.7 Å². The zero-order valence-electron chi connectivity index (χ0n) is 13.3. The van der Waals surface area contributed by atoms with Crippen LogP contribution in [0.5, 0.6) is 11.5 Å². The van der Waals surface area contributed by atoms with Gasteiger partial charge in [0, 0.05) is 25.2 Å². The van der Waals surface area contributed by atoms with Gasteiger partial charge in [-0.05, 0) is 19.8 Å². The molecule has 1 aliphatic heterocycles. The van der Waals surface area contributed by atoms with Crippen LogP contribution in [0.15, 0.2) is 12.1 Å². The van der Waals surface area contributed by atoms with Crippen LogP contribution in [0.2, 0.25) is 0 Å². The topological polar surface area (TPSA) is 108 Å². The molecule has 1 amide bonds. The van der Waals surface area contributed by atoms with Crippen LogP contribution in [-0.2, 0) is 0 Å². The van der Waals surface area contributed by atoms with E-state index in [1.54, 1.807) is 11.8 Å². The first-order valence-corrected chi connectivity index (χ1v) is 7.52. The second-order valence-corrected chi connectivity index (χ2v) is 5.36. The zero-order chi connectivity index (χ0) is 17.0. The van der Waals surface area contributed by atoms with Crippen molar-refractivity contribution >= 4 is 11.6 Å². The molecule has 126 valence electrons. The summed E-state index contributed by atoms with van der Waals surface area (Å²) >= 11 is 0. The SMILES string of the molecule is CCOc1cc(C(=O)N2CCCC(N)C2)c([N+](=O)[O-])cc1OC. The number of carbonyl (C=O) groups excluding carboxylic acids is 1. The number of amides is 1. The molecule has 2 rings (SSSR count). The maximum absolute atomic E-state index is 12.7. The summed E-state index contributed by atoms with van der Waals surface area (Å²) in [5, 5.41) is 11.3. The number of nitrogens with two attached hydrogens (primary N) is 1. The molecule has 0 aromatic heterocycles. The standard InChI is InChI=1S/C15H21N3O5/c1-3-23-14-7-11(12(18(20)21)8-13(14)22-2)15(19)17-6-4-5-10(16)9-17/h7-8,10H,3-6,9,16H2,1-2H3. The average molecular weight is 323 g/mol. The predicted molar refractivity (Wildman–Crippen MR) is 83.9 cm³/mol. The first-order chi connectivity index (χ1) is 11.0. The maximum Gasteiger partial charge on any atom is 0.286 e. The highest BCUT2D eigenvalue weighted by Gasteiger charge is 2.30. The molecule has 0 radical (unpaired) electrons. The molecule has 1 fully saturated rings. The molecular formula is C15H21N3O5. The van der Waals surface area contributed by atoms with E-state index in [4.69, 9.17) is 15.2 Å². The quantitative estimate of drug-likeness (QED) is 0.651. The fraction of sp³-hybridized carbons (Fsp3) is 0.533. The minimum Gasteiger partial charge on any atom is -0.493 e. The highest BCUT2D eigenvalue weighted by atomic mass is 16.6.